The number of hydrogen-bond acceptors (Lipinski definition) is 3. The first kappa shape index (κ1) is 12.2. The fourth-order valence-corrected chi connectivity index (χ4v) is 2.74. The molecule has 2 aliphatic heterocycles. The minimum atomic E-state index is -0.0143. The van der Waals surface area contributed by atoms with Crippen LogP contribution in [0.3, 0.4) is 0 Å². The third kappa shape index (κ3) is 2.33. The summed E-state index contributed by atoms with van der Waals surface area (Å²) in [6.07, 6.45) is 2.29. The van der Waals surface area contributed by atoms with E-state index in [9.17, 15) is 9.59 Å². The second-order valence-electron chi connectivity index (χ2n) is 5.25. The number of anilines is 1. The molecule has 1 aromatic carbocycles. The number of likely N-dealkylation sites (tertiary alicyclic amines) is 1. The average molecular weight is 259 g/mol. The lowest BCUT2D eigenvalue weighted by Crippen LogP contribution is -2.45. The standard InChI is InChI=1S/C14H17N3O2/c15-11-2-1-5-17(8-11)14(19)9-3-4-12-10(6-9)7-13(18)16-12/h3-4,6,11H,1-2,5,7-8,15H2,(H,16,18)/t11-/m0/s1. The molecule has 3 rings (SSSR count). The highest BCUT2D eigenvalue weighted by Gasteiger charge is 2.24. The van der Waals surface area contributed by atoms with Crippen molar-refractivity contribution in [1.82, 2.24) is 4.90 Å². The molecule has 1 fully saturated rings. The molecule has 3 N–H and O–H groups in total. The van der Waals surface area contributed by atoms with Gasteiger partial charge in [-0.2, -0.15) is 0 Å². The predicted molar refractivity (Wildman–Crippen MR) is 71.9 cm³/mol. The predicted octanol–water partition coefficient (Wildman–Crippen LogP) is 0.744. The van der Waals surface area contributed by atoms with E-state index in [1.807, 2.05) is 6.07 Å². The van der Waals surface area contributed by atoms with Gasteiger partial charge in [0.15, 0.2) is 0 Å². The molecule has 1 atom stereocenters. The molecule has 0 unspecified atom stereocenters. The smallest absolute Gasteiger partial charge is 0.253 e. The first-order valence-electron chi connectivity index (χ1n) is 6.61. The minimum Gasteiger partial charge on any atom is -0.337 e. The average Bonchev–Trinajstić information content (AvgIpc) is 2.76. The van der Waals surface area contributed by atoms with Gasteiger partial charge in [0.25, 0.3) is 5.91 Å². The van der Waals surface area contributed by atoms with Crippen LogP contribution in [0.25, 0.3) is 0 Å². The maximum atomic E-state index is 12.4. The normalized spacial score (nSPS) is 22.1. The lowest BCUT2D eigenvalue weighted by Gasteiger charge is -2.30. The number of rotatable bonds is 1. The van der Waals surface area contributed by atoms with E-state index in [-0.39, 0.29) is 17.9 Å². The van der Waals surface area contributed by atoms with Gasteiger partial charge in [-0.15, -0.1) is 0 Å². The van der Waals surface area contributed by atoms with Crippen molar-refractivity contribution in [3.8, 4) is 0 Å². The quantitative estimate of drug-likeness (QED) is 0.781. The van der Waals surface area contributed by atoms with Crippen molar-refractivity contribution in [3.05, 3.63) is 29.3 Å². The number of fused-ring (bicyclic) bond motifs is 1. The highest BCUT2D eigenvalue weighted by Crippen LogP contribution is 2.24. The number of nitrogens with two attached hydrogens (primary N) is 1. The Hall–Kier alpha value is -1.88. The molecule has 0 spiro atoms. The Bertz CT molecular complexity index is 541. The van der Waals surface area contributed by atoms with Crippen LogP contribution in [0.5, 0.6) is 0 Å². The molecule has 2 amide bonds. The summed E-state index contributed by atoms with van der Waals surface area (Å²) in [5.74, 6) is -0.00288. The first-order valence-corrected chi connectivity index (χ1v) is 6.61. The fourth-order valence-electron chi connectivity index (χ4n) is 2.74. The highest BCUT2D eigenvalue weighted by molar-refractivity contribution is 6.01. The lowest BCUT2D eigenvalue weighted by molar-refractivity contribution is -0.115. The van der Waals surface area contributed by atoms with Gasteiger partial charge in [-0.25, -0.2) is 0 Å². The molecule has 2 heterocycles. The zero-order valence-electron chi connectivity index (χ0n) is 10.7. The Morgan fingerprint density at radius 2 is 2.26 bits per heavy atom. The Kier molecular flexibility index (Phi) is 2.98. The van der Waals surface area contributed by atoms with Gasteiger partial charge < -0.3 is 16.0 Å². The van der Waals surface area contributed by atoms with E-state index in [4.69, 9.17) is 5.73 Å². The summed E-state index contributed by atoms with van der Waals surface area (Å²) in [6.45, 7) is 1.38. The number of benzene rings is 1. The van der Waals surface area contributed by atoms with Crippen molar-refractivity contribution < 1.29 is 9.59 Å². The van der Waals surface area contributed by atoms with Crippen molar-refractivity contribution in [1.29, 1.82) is 0 Å². The molecule has 0 aliphatic carbocycles. The van der Waals surface area contributed by atoms with Gasteiger partial charge in [-0.3, -0.25) is 9.59 Å². The summed E-state index contributed by atoms with van der Waals surface area (Å²) < 4.78 is 0. The molecule has 100 valence electrons. The van der Waals surface area contributed by atoms with E-state index in [1.54, 1.807) is 17.0 Å². The Morgan fingerprint density at radius 3 is 3.05 bits per heavy atom. The van der Waals surface area contributed by atoms with Crippen LogP contribution in [0.15, 0.2) is 18.2 Å². The monoisotopic (exact) mass is 259 g/mol. The van der Waals surface area contributed by atoms with Crippen molar-refractivity contribution >= 4 is 17.5 Å². The molecule has 2 aliphatic rings. The van der Waals surface area contributed by atoms with Crippen molar-refractivity contribution in [2.24, 2.45) is 5.73 Å². The molecule has 1 aromatic rings. The van der Waals surface area contributed by atoms with E-state index in [1.165, 1.54) is 0 Å². The number of hydrogen-bond donors (Lipinski definition) is 2. The minimum absolute atomic E-state index is 0.0114. The molecule has 5 nitrogen and oxygen atoms in total. The first-order chi connectivity index (χ1) is 9.13. The Balaban J connectivity index is 1.81. The second kappa shape index (κ2) is 4.66. The van der Waals surface area contributed by atoms with Crippen LogP contribution < -0.4 is 11.1 Å². The highest BCUT2D eigenvalue weighted by atomic mass is 16.2. The Labute approximate surface area is 111 Å². The van der Waals surface area contributed by atoms with Gasteiger partial charge in [0.1, 0.15) is 0 Å². The van der Waals surface area contributed by atoms with Crippen molar-refractivity contribution in [2.45, 2.75) is 25.3 Å². The zero-order valence-corrected chi connectivity index (χ0v) is 10.7. The summed E-state index contributed by atoms with van der Waals surface area (Å²) in [7, 11) is 0. The molecule has 0 bridgehead atoms. The summed E-state index contributed by atoms with van der Waals surface area (Å²) in [5.41, 5.74) is 8.26. The van der Waals surface area contributed by atoms with Crippen LogP contribution in [0, 0.1) is 0 Å². The largest absolute Gasteiger partial charge is 0.337 e. The van der Waals surface area contributed by atoms with Crippen LogP contribution in [-0.2, 0) is 11.2 Å². The van der Waals surface area contributed by atoms with Crippen molar-refractivity contribution in [2.75, 3.05) is 18.4 Å². The number of nitrogens with one attached hydrogen (secondary N) is 1. The Morgan fingerprint density at radius 1 is 1.42 bits per heavy atom. The molecule has 0 saturated carbocycles. The van der Waals surface area contributed by atoms with Gasteiger partial charge in [-0.1, -0.05) is 0 Å². The van der Waals surface area contributed by atoms with E-state index in [0.717, 1.165) is 30.6 Å². The van der Waals surface area contributed by atoms with E-state index in [2.05, 4.69) is 5.32 Å². The van der Waals surface area contributed by atoms with Gasteiger partial charge in [0, 0.05) is 30.4 Å². The van der Waals surface area contributed by atoms with Crippen molar-refractivity contribution in [3.63, 3.8) is 0 Å². The molecule has 19 heavy (non-hydrogen) atoms. The van der Waals surface area contributed by atoms with Gasteiger partial charge in [0.2, 0.25) is 5.91 Å². The topological polar surface area (TPSA) is 75.4 Å². The second-order valence-corrected chi connectivity index (χ2v) is 5.25. The molecular weight excluding hydrogens is 242 g/mol. The number of carbonyl (C=O) groups is 2. The molecular formula is C14H17N3O2. The maximum Gasteiger partial charge on any atom is 0.253 e. The van der Waals surface area contributed by atoms with E-state index >= 15 is 0 Å². The molecule has 0 aromatic heterocycles. The summed E-state index contributed by atoms with van der Waals surface area (Å²) >= 11 is 0. The number of amides is 2. The van der Waals surface area contributed by atoms with Crippen LogP contribution >= 0.6 is 0 Å². The number of nitrogens with zero attached hydrogens (tertiary/aromatic N) is 1. The van der Waals surface area contributed by atoms with Crippen LogP contribution in [-0.4, -0.2) is 35.8 Å². The van der Waals surface area contributed by atoms with Gasteiger partial charge in [-0.05, 0) is 36.6 Å². The fraction of sp³-hybridized carbons (Fsp3) is 0.429. The van der Waals surface area contributed by atoms with Crippen LogP contribution in [0.1, 0.15) is 28.8 Å². The number of piperidine rings is 1. The summed E-state index contributed by atoms with van der Waals surface area (Å²) in [6, 6.07) is 5.47. The van der Waals surface area contributed by atoms with Gasteiger partial charge >= 0.3 is 0 Å². The third-order valence-electron chi connectivity index (χ3n) is 3.72. The third-order valence-corrected chi connectivity index (χ3v) is 3.72. The lowest BCUT2D eigenvalue weighted by atomic mass is 10.0. The van der Waals surface area contributed by atoms with Crippen LogP contribution in [0.2, 0.25) is 0 Å². The maximum absolute atomic E-state index is 12.4. The van der Waals surface area contributed by atoms with Crippen LogP contribution in [0.4, 0.5) is 5.69 Å². The number of carbonyl (C=O) groups excluding carboxylic acids is 2. The van der Waals surface area contributed by atoms with Gasteiger partial charge in [0.05, 0.1) is 6.42 Å². The zero-order chi connectivity index (χ0) is 13.4. The van der Waals surface area contributed by atoms with E-state index < -0.39 is 0 Å². The molecule has 5 heteroatoms. The summed E-state index contributed by atoms with van der Waals surface area (Å²) in [5, 5.41) is 2.77. The van der Waals surface area contributed by atoms with E-state index in [0.29, 0.717) is 18.5 Å². The SMILES string of the molecule is N[C@H]1CCCN(C(=O)c2ccc3c(c2)CC(=O)N3)C1. The molecule has 0 radical (unpaired) electrons. The summed E-state index contributed by atoms with van der Waals surface area (Å²) in [4.78, 5) is 25.5. The molecule has 1 saturated heterocycles.